The summed E-state index contributed by atoms with van der Waals surface area (Å²) < 4.78 is 4.64. The number of carbonyl (C=O) groups is 2. The van der Waals surface area contributed by atoms with Gasteiger partial charge in [-0.3, -0.25) is 4.79 Å². The van der Waals surface area contributed by atoms with Crippen molar-refractivity contribution in [3.05, 3.63) is 41.5 Å². The Kier molecular flexibility index (Phi) is 6.19. The van der Waals surface area contributed by atoms with Crippen LogP contribution < -0.4 is 5.32 Å². The first kappa shape index (κ1) is 16.3. The summed E-state index contributed by atoms with van der Waals surface area (Å²) in [6, 6.07) is 6.95. The summed E-state index contributed by atoms with van der Waals surface area (Å²) in [5, 5.41) is 2.96. The molecule has 1 aromatic rings. The number of esters is 1. The Morgan fingerprint density at radius 2 is 1.86 bits per heavy atom. The zero-order valence-electron chi connectivity index (χ0n) is 13.0. The predicted octanol–water partition coefficient (Wildman–Crippen LogP) is 3.18. The Bertz CT molecular complexity index is 528. The molecule has 118 valence electrons. The van der Waals surface area contributed by atoms with Crippen molar-refractivity contribution in [2.45, 2.75) is 32.1 Å². The highest BCUT2D eigenvalue weighted by Crippen LogP contribution is 2.22. The minimum Gasteiger partial charge on any atom is -0.465 e. The van der Waals surface area contributed by atoms with E-state index in [0.717, 1.165) is 12.1 Å². The number of methoxy groups -OCH3 is 1. The maximum Gasteiger partial charge on any atom is 0.337 e. The van der Waals surface area contributed by atoms with Gasteiger partial charge in [-0.2, -0.15) is 0 Å². The van der Waals surface area contributed by atoms with Crippen LogP contribution in [-0.2, 0) is 9.53 Å². The molecule has 4 heteroatoms. The van der Waals surface area contributed by atoms with Crippen molar-refractivity contribution in [1.82, 2.24) is 5.32 Å². The van der Waals surface area contributed by atoms with Gasteiger partial charge in [0.1, 0.15) is 0 Å². The molecule has 0 bridgehead atoms. The van der Waals surface area contributed by atoms with Crippen molar-refractivity contribution in [2.24, 2.45) is 5.92 Å². The third kappa shape index (κ3) is 5.02. The number of amides is 1. The predicted molar refractivity (Wildman–Crippen MR) is 86.4 cm³/mol. The number of ether oxygens (including phenoxy) is 1. The summed E-state index contributed by atoms with van der Waals surface area (Å²) in [6.07, 6.45) is 9.61. The van der Waals surface area contributed by atoms with Crippen molar-refractivity contribution in [3.8, 4) is 0 Å². The molecular weight excluding hydrogens is 278 g/mol. The standard InChI is InChI=1S/C18H23NO3/c1-22-18(21)16-10-7-14(8-11-16)9-12-17(20)19-13-15-5-3-2-4-6-15/h7-12,15H,2-6,13H2,1H3,(H,19,20)/b12-9+. The number of hydrogen-bond donors (Lipinski definition) is 1. The van der Waals surface area contributed by atoms with E-state index in [2.05, 4.69) is 10.1 Å². The Hall–Kier alpha value is -2.10. The molecule has 1 amide bonds. The van der Waals surface area contributed by atoms with Crippen LogP contribution in [0.25, 0.3) is 6.08 Å². The van der Waals surface area contributed by atoms with Crippen molar-refractivity contribution in [1.29, 1.82) is 0 Å². The number of nitrogens with one attached hydrogen (secondary N) is 1. The summed E-state index contributed by atoms with van der Waals surface area (Å²) in [6.45, 7) is 0.768. The van der Waals surface area contributed by atoms with E-state index in [1.165, 1.54) is 45.3 Å². The molecule has 1 aliphatic rings. The molecule has 2 rings (SSSR count). The second-order valence-corrected chi connectivity index (χ2v) is 5.70. The molecule has 0 aromatic heterocycles. The van der Waals surface area contributed by atoms with Gasteiger partial charge in [-0.25, -0.2) is 4.79 Å². The zero-order chi connectivity index (χ0) is 15.8. The van der Waals surface area contributed by atoms with Crippen LogP contribution in [0.2, 0.25) is 0 Å². The molecular formula is C18H23NO3. The number of hydrogen-bond acceptors (Lipinski definition) is 3. The largest absolute Gasteiger partial charge is 0.465 e. The van der Waals surface area contributed by atoms with Crippen LogP contribution in [0.4, 0.5) is 0 Å². The van der Waals surface area contributed by atoms with Crippen LogP contribution in [0.15, 0.2) is 30.3 Å². The van der Waals surface area contributed by atoms with Crippen molar-refractivity contribution >= 4 is 18.0 Å². The van der Waals surface area contributed by atoms with Crippen LogP contribution in [0, 0.1) is 5.92 Å². The number of carbonyl (C=O) groups excluding carboxylic acids is 2. The summed E-state index contributed by atoms with van der Waals surface area (Å²) in [5.74, 6) is 0.203. The molecule has 0 heterocycles. The molecule has 1 N–H and O–H groups in total. The smallest absolute Gasteiger partial charge is 0.337 e. The average molecular weight is 301 g/mol. The van der Waals surface area contributed by atoms with Crippen LogP contribution in [0.1, 0.15) is 48.0 Å². The highest BCUT2D eigenvalue weighted by atomic mass is 16.5. The maximum absolute atomic E-state index is 11.8. The van der Waals surface area contributed by atoms with Gasteiger partial charge in [0.2, 0.25) is 5.91 Å². The Morgan fingerprint density at radius 3 is 2.50 bits per heavy atom. The molecule has 0 saturated heterocycles. The van der Waals surface area contributed by atoms with Crippen LogP contribution >= 0.6 is 0 Å². The van der Waals surface area contributed by atoms with Gasteiger partial charge in [-0.15, -0.1) is 0 Å². The Labute approximate surface area is 131 Å². The van der Waals surface area contributed by atoms with E-state index in [9.17, 15) is 9.59 Å². The molecule has 22 heavy (non-hydrogen) atoms. The van der Waals surface area contributed by atoms with E-state index in [1.807, 2.05) is 0 Å². The van der Waals surface area contributed by atoms with E-state index < -0.39 is 0 Å². The van der Waals surface area contributed by atoms with E-state index >= 15 is 0 Å². The third-order valence-corrected chi connectivity index (χ3v) is 4.05. The lowest BCUT2D eigenvalue weighted by molar-refractivity contribution is -0.116. The van der Waals surface area contributed by atoms with Crippen molar-refractivity contribution in [3.63, 3.8) is 0 Å². The van der Waals surface area contributed by atoms with E-state index in [0.29, 0.717) is 11.5 Å². The fourth-order valence-corrected chi connectivity index (χ4v) is 2.72. The number of rotatable bonds is 5. The fourth-order valence-electron chi connectivity index (χ4n) is 2.72. The zero-order valence-corrected chi connectivity index (χ0v) is 13.0. The van der Waals surface area contributed by atoms with Gasteiger partial charge >= 0.3 is 5.97 Å². The highest BCUT2D eigenvalue weighted by Gasteiger charge is 2.13. The first-order chi connectivity index (χ1) is 10.7. The summed E-state index contributed by atoms with van der Waals surface area (Å²) in [7, 11) is 1.35. The maximum atomic E-state index is 11.8. The minimum atomic E-state index is -0.360. The Morgan fingerprint density at radius 1 is 1.18 bits per heavy atom. The highest BCUT2D eigenvalue weighted by molar-refractivity contribution is 5.92. The van der Waals surface area contributed by atoms with Gasteiger partial charge in [0.15, 0.2) is 0 Å². The molecule has 0 spiro atoms. The monoisotopic (exact) mass is 301 g/mol. The Balaban J connectivity index is 1.80. The second kappa shape index (κ2) is 8.37. The topological polar surface area (TPSA) is 55.4 Å². The lowest BCUT2D eigenvalue weighted by Crippen LogP contribution is -2.28. The van der Waals surface area contributed by atoms with Gasteiger partial charge in [-0.05, 0) is 42.5 Å². The second-order valence-electron chi connectivity index (χ2n) is 5.70. The summed E-state index contributed by atoms with van der Waals surface area (Å²) in [4.78, 5) is 23.1. The van der Waals surface area contributed by atoms with E-state index in [1.54, 1.807) is 30.3 Å². The first-order valence-electron chi connectivity index (χ1n) is 7.83. The van der Waals surface area contributed by atoms with Crippen LogP contribution in [-0.4, -0.2) is 25.5 Å². The molecule has 1 aromatic carbocycles. The van der Waals surface area contributed by atoms with Crippen molar-refractivity contribution in [2.75, 3.05) is 13.7 Å². The average Bonchev–Trinajstić information content (AvgIpc) is 2.58. The third-order valence-electron chi connectivity index (χ3n) is 4.05. The quantitative estimate of drug-likeness (QED) is 0.671. The normalized spacial score (nSPS) is 15.7. The van der Waals surface area contributed by atoms with E-state index in [4.69, 9.17) is 0 Å². The van der Waals surface area contributed by atoms with Crippen molar-refractivity contribution < 1.29 is 14.3 Å². The van der Waals surface area contributed by atoms with Gasteiger partial charge in [0, 0.05) is 12.6 Å². The molecule has 1 aliphatic carbocycles. The van der Waals surface area contributed by atoms with Gasteiger partial charge in [-0.1, -0.05) is 31.4 Å². The lowest BCUT2D eigenvalue weighted by Gasteiger charge is -2.21. The molecule has 0 aliphatic heterocycles. The number of benzene rings is 1. The molecule has 0 atom stereocenters. The lowest BCUT2D eigenvalue weighted by atomic mass is 9.89. The molecule has 1 fully saturated rings. The minimum absolute atomic E-state index is 0.0670. The molecule has 0 radical (unpaired) electrons. The fraction of sp³-hybridized carbons (Fsp3) is 0.444. The van der Waals surface area contributed by atoms with Gasteiger partial charge < -0.3 is 10.1 Å². The summed E-state index contributed by atoms with van der Waals surface area (Å²) in [5.41, 5.74) is 1.38. The molecule has 1 saturated carbocycles. The van der Waals surface area contributed by atoms with Gasteiger partial charge in [0.05, 0.1) is 12.7 Å². The van der Waals surface area contributed by atoms with Crippen LogP contribution in [0.5, 0.6) is 0 Å². The van der Waals surface area contributed by atoms with Crippen LogP contribution in [0.3, 0.4) is 0 Å². The summed E-state index contributed by atoms with van der Waals surface area (Å²) >= 11 is 0. The molecule has 4 nitrogen and oxygen atoms in total. The molecule has 0 unspecified atom stereocenters. The van der Waals surface area contributed by atoms with Gasteiger partial charge in [0.25, 0.3) is 0 Å². The first-order valence-corrected chi connectivity index (χ1v) is 7.83. The SMILES string of the molecule is COC(=O)c1ccc(/C=C/C(=O)NCC2CCCCC2)cc1. The van der Waals surface area contributed by atoms with E-state index in [-0.39, 0.29) is 11.9 Å².